The highest BCUT2D eigenvalue weighted by Gasteiger charge is 2.20. The quantitative estimate of drug-likeness (QED) is 0.816. The van der Waals surface area contributed by atoms with E-state index >= 15 is 0 Å². The summed E-state index contributed by atoms with van der Waals surface area (Å²) in [6, 6.07) is 2.35. The monoisotopic (exact) mass is 294 g/mol. The molecule has 1 aromatic heterocycles. The van der Waals surface area contributed by atoms with Crippen LogP contribution in [0.2, 0.25) is 0 Å². The van der Waals surface area contributed by atoms with Crippen LogP contribution in [0, 0.1) is 0 Å². The maximum Gasteiger partial charge on any atom is 0.0594 e. The van der Waals surface area contributed by atoms with Crippen molar-refractivity contribution in [2.75, 3.05) is 45.9 Å². The highest BCUT2D eigenvalue weighted by Crippen LogP contribution is 2.34. The number of hydrogen-bond donors (Lipinski definition) is 1. The van der Waals surface area contributed by atoms with E-state index in [1.165, 1.54) is 32.2 Å². The fraction of sp³-hybridized carbons (Fsp3) is 0.750. The van der Waals surface area contributed by atoms with Gasteiger partial charge in [-0.3, -0.25) is 4.90 Å². The lowest BCUT2D eigenvalue weighted by Gasteiger charge is -2.27. The molecule has 3 rings (SSSR count). The Kier molecular flexibility index (Phi) is 5.48. The number of nitrogens with one attached hydrogen (secondary N) is 1. The van der Waals surface area contributed by atoms with E-state index in [-0.39, 0.29) is 0 Å². The summed E-state index contributed by atoms with van der Waals surface area (Å²) < 4.78 is 5.38. The summed E-state index contributed by atoms with van der Waals surface area (Å²) in [5.74, 6) is 0.758. The molecule has 112 valence electrons. The van der Waals surface area contributed by atoms with E-state index in [1.807, 2.05) is 11.3 Å². The van der Waals surface area contributed by atoms with Crippen molar-refractivity contribution in [2.24, 2.45) is 0 Å². The number of morpholine rings is 1. The Morgan fingerprint density at radius 1 is 1.35 bits per heavy atom. The first-order valence-corrected chi connectivity index (χ1v) is 8.88. The van der Waals surface area contributed by atoms with Crippen LogP contribution in [0.15, 0.2) is 11.4 Å². The Labute approximate surface area is 126 Å². The van der Waals surface area contributed by atoms with Gasteiger partial charge in [0.25, 0.3) is 0 Å². The lowest BCUT2D eigenvalue weighted by Crippen LogP contribution is -2.38. The lowest BCUT2D eigenvalue weighted by atomic mass is 9.88. The summed E-state index contributed by atoms with van der Waals surface area (Å²) in [7, 11) is 0. The molecule has 0 aromatic carbocycles. The molecule has 1 aliphatic heterocycles. The molecule has 20 heavy (non-hydrogen) atoms. The van der Waals surface area contributed by atoms with Crippen LogP contribution in [0.5, 0.6) is 0 Å². The minimum atomic E-state index is 0.758. The van der Waals surface area contributed by atoms with E-state index < -0.39 is 0 Å². The molecule has 1 N–H and O–H groups in total. The first kappa shape index (κ1) is 14.5. The molecule has 0 bridgehead atoms. The number of nitrogens with zero attached hydrogens (tertiary/aromatic N) is 1. The molecular weight excluding hydrogens is 268 g/mol. The number of thiophene rings is 1. The van der Waals surface area contributed by atoms with Gasteiger partial charge in [0, 0.05) is 24.5 Å². The third kappa shape index (κ3) is 3.82. The van der Waals surface area contributed by atoms with Crippen molar-refractivity contribution >= 4 is 11.3 Å². The van der Waals surface area contributed by atoms with Crippen LogP contribution >= 0.6 is 11.3 Å². The molecule has 0 radical (unpaired) electrons. The molecule has 1 aliphatic carbocycles. The molecule has 2 aliphatic rings. The van der Waals surface area contributed by atoms with E-state index in [2.05, 4.69) is 21.7 Å². The maximum atomic E-state index is 5.38. The molecule has 4 heteroatoms. The van der Waals surface area contributed by atoms with Gasteiger partial charge in [0.1, 0.15) is 0 Å². The van der Waals surface area contributed by atoms with Gasteiger partial charge in [-0.2, -0.15) is 0 Å². The van der Waals surface area contributed by atoms with E-state index in [9.17, 15) is 0 Å². The molecule has 1 unspecified atom stereocenters. The highest BCUT2D eigenvalue weighted by atomic mass is 32.1. The molecule has 1 fully saturated rings. The van der Waals surface area contributed by atoms with Crippen molar-refractivity contribution in [3.05, 3.63) is 21.9 Å². The summed E-state index contributed by atoms with van der Waals surface area (Å²) in [6.07, 6.45) is 5.29. The van der Waals surface area contributed by atoms with Crippen molar-refractivity contribution in [1.82, 2.24) is 10.2 Å². The van der Waals surface area contributed by atoms with Gasteiger partial charge in [0.05, 0.1) is 13.2 Å². The topological polar surface area (TPSA) is 24.5 Å². The normalized spacial score (nSPS) is 23.7. The second kappa shape index (κ2) is 7.55. The largest absolute Gasteiger partial charge is 0.379 e. The van der Waals surface area contributed by atoms with Crippen molar-refractivity contribution < 1.29 is 4.74 Å². The predicted molar refractivity (Wildman–Crippen MR) is 84.7 cm³/mol. The van der Waals surface area contributed by atoms with Gasteiger partial charge < -0.3 is 10.1 Å². The SMILES string of the molecule is c1cc2c(s1)CCCC2CNCCCN1CCOCC1. The Hall–Kier alpha value is -0.420. The first-order chi connectivity index (χ1) is 9.93. The third-order valence-electron chi connectivity index (χ3n) is 4.50. The highest BCUT2D eigenvalue weighted by molar-refractivity contribution is 7.10. The summed E-state index contributed by atoms with van der Waals surface area (Å²) in [6.45, 7) is 7.57. The number of fused-ring (bicyclic) bond motifs is 1. The third-order valence-corrected chi connectivity index (χ3v) is 5.49. The van der Waals surface area contributed by atoms with Gasteiger partial charge in [-0.05, 0) is 61.7 Å². The van der Waals surface area contributed by atoms with Crippen molar-refractivity contribution in [3.63, 3.8) is 0 Å². The van der Waals surface area contributed by atoms with Crippen LogP contribution in [0.25, 0.3) is 0 Å². The molecule has 1 aromatic rings. The fourth-order valence-corrected chi connectivity index (χ4v) is 4.33. The average molecular weight is 294 g/mol. The molecule has 0 saturated carbocycles. The molecule has 0 spiro atoms. The first-order valence-electron chi connectivity index (χ1n) is 8.00. The number of hydrogen-bond acceptors (Lipinski definition) is 4. The van der Waals surface area contributed by atoms with Gasteiger partial charge >= 0.3 is 0 Å². The molecule has 0 amide bonds. The average Bonchev–Trinajstić information content (AvgIpc) is 2.97. The lowest BCUT2D eigenvalue weighted by molar-refractivity contribution is 0.0374. The number of ether oxygens (including phenoxy) is 1. The van der Waals surface area contributed by atoms with Crippen molar-refractivity contribution in [3.8, 4) is 0 Å². The molecule has 2 heterocycles. The van der Waals surface area contributed by atoms with Crippen molar-refractivity contribution in [1.29, 1.82) is 0 Å². The number of aryl methyl sites for hydroxylation is 1. The standard InChI is InChI=1S/C16H26N2OS/c1-3-14(15-5-12-20-16(15)4-1)13-17-6-2-7-18-8-10-19-11-9-18/h5,12,14,17H,1-4,6-11,13H2. The van der Waals surface area contributed by atoms with Gasteiger partial charge in [-0.25, -0.2) is 0 Å². The Morgan fingerprint density at radius 2 is 2.25 bits per heavy atom. The van der Waals surface area contributed by atoms with E-state index in [1.54, 1.807) is 10.4 Å². The van der Waals surface area contributed by atoms with Gasteiger partial charge in [-0.15, -0.1) is 11.3 Å². The van der Waals surface area contributed by atoms with Gasteiger partial charge in [0.2, 0.25) is 0 Å². The van der Waals surface area contributed by atoms with Crippen LogP contribution in [0.1, 0.15) is 35.6 Å². The Bertz CT molecular complexity index is 401. The second-order valence-corrected chi connectivity index (χ2v) is 6.90. The Morgan fingerprint density at radius 3 is 3.15 bits per heavy atom. The van der Waals surface area contributed by atoms with Crippen LogP contribution in [-0.4, -0.2) is 50.8 Å². The maximum absolute atomic E-state index is 5.38. The minimum Gasteiger partial charge on any atom is -0.379 e. The molecule has 1 atom stereocenters. The predicted octanol–water partition coefficient (Wildman–Crippen LogP) is 2.48. The minimum absolute atomic E-state index is 0.758. The van der Waals surface area contributed by atoms with Crippen LogP contribution in [-0.2, 0) is 11.2 Å². The molecule has 1 saturated heterocycles. The smallest absolute Gasteiger partial charge is 0.0594 e. The van der Waals surface area contributed by atoms with E-state index in [0.717, 1.165) is 45.3 Å². The van der Waals surface area contributed by atoms with Crippen LogP contribution < -0.4 is 5.32 Å². The van der Waals surface area contributed by atoms with Gasteiger partial charge in [-0.1, -0.05) is 0 Å². The van der Waals surface area contributed by atoms with Crippen LogP contribution in [0.4, 0.5) is 0 Å². The number of rotatable bonds is 6. The molecule has 3 nitrogen and oxygen atoms in total. The zero-order valence-corrected chi connectivity index (χ0v) is 13.1. The summed E-state index contributed by atoms with van der Waals surface area (Å²) in [4.78, 5) is 4.15. The van der Waals surface area contributed by atoms with E-state index in [0.29, 0.717) is 0 Å². The van der Waals surface area contributed by atoms with Crippen molar-refractivity contribution in [2.45, 2.75) is 31.6 Å². The van der Waals surface area contributed by atoms with Crippen LogP contribution in [0.3, 0.4) is 0 Å². The Balaban J connectivity index is 1.32. The zero-order chi connectivity index (χ0) is 13.6. The summed E-state index contributed by atoms with van der Waals surface area (Å²) >= 11 is 1.95. The second-order valence-electron chi connectivity index (χ2n) is 5.90. The van der Waals surface area contributed by atoms with Gasteiger partial charge in [0.15, 0.2) is 0 Å². The summed E-state index contributed by atoms with van der Waals surface area (Å²) in [5.41, 5.74) is 1.63. The fourth-order valence-electron chi connectivity index (χ4n) is 3.32. The summed E-state index contributed by atoms with van der Waals surface area (Å²) in [5, 5.41) is 5.94. The zero-order valence-electron chi connectivity index (χ0n) is 12.3. The molecular formula is C16H26N2OS. The van der Waals surface area contributed by atoms with E-state index in [4.69, 9.17) is 4.74 Å².